The number of carbonyl (C=O) groups is 2. The van der Waals surface area contributed by atoms with Crippen molar-refractivity contribution in [2.45, 2.75) is 12.8 Å². The summed E-state index contributed by atoms with van der Waals surface area (Å²) in [5.41, 5.74) is 1.67. The predicted molar refractivity (Wildman–Crippen MR) is 111 cm³/mol. The van der Waals surface area contributed by atoms with E-state index < -0.39 is 0 Å². The highest BCUT2D eigenvalue weighted by Gasteiger charge is 2.25. The fourth-order valence-electron chi connectivity index (χ4n) is 3.44. The van der Waals surface area contributed by atoms with Crippen molar-refractivity contribution in [1.82, 2.24) is 10.2 Å². The van der Waals surface area contributed by atoms with Crippen LogP contribution >= 0.6 is 12.4 Å². The normalized spacial score (nSPS) is 16.3. The molecule has 0 radical (unpaired) electrons. The van der Waals surface area contributed by atoms with Gasteiger partial charge >= 0.3 is 0 Å². The quantitative estimate of drug-likeness (QED) is 0.826. The van der Waals surface area contributed by atoms with Crippen LogP contribution in [0.2, 0.25) is 0 Å². The maximum absolute atomic E-state index is 13.0. The lowest BCUT2D eigenvalue weighted by atomic mass is 9.97. The van der Waals surface area contributed by atoms with E-state index in [1.165, 1.54) is 0 Å². The van der Waals surface area contributed by atoms with Crippen LogP contribution in [0.15, 0.2) is 54.6 Å². The minimum Gasteiger partial charge on any atom is -0.338 e. The number of nitrogens with zero attached hydrogens (tertiary/aromatic N) is 1. The van der Waals surface area contributed by atoms with Gasteiger partial charge in [0.2, 0.25) is 0 Å². The average molecular weight is 388 g/mol. The van der Waals surface area contributed by atoms with E-state index >= 15 is 0 Å². The van der Waals surface area contributed by atoms with Crippen molar-refractivity contribution in [1.29, 1.82) is 0 Å². The van der Waals surface area contributed by atoms with Crippen LogP contribution in [-0.4, -0.2) is 43.4 Å². The number of piperidine rings is 1. The van der Waals surface area contributed by atoms with Crippen molar-refractivity contribution in [2.75, 3.05) is 32.0 Å². The number of likely N-dealkylation sites (tertiary alicyclic amines) is 1. The van der Waals surface area contributed by atoms with Gasteiger partial charge in [-0.25, -0.2) is 0 Å². The molecule has 0 spiro atoms. The van der Waals surface area contributed by atoms with Crippen molar-refractivity contribution in [3.05, 3.63) is 65.7 Å². The molecule has 6 heteroatoms. The molecule has 1 fully saturated rings. The Morgan fingerprint density at radius 3 is 2.52 bits per heavy atom. The number of rotatable bonds is 5. The van der Waals surface area contributed by atoms with Gasteiger partial charge in [-0.1, -0.05) is 30.3 Å². The Kier molecular flexibility index (Phi) is 7.82. The molecule has 1 atom stereocenters. The number of carbonyl (C=O) groups excluding carboxylic acids is 2. The van der Waals surface area contributed by atoms with Crippen LogP contribution < -0.4 is 10.6 Å². The van der Waals surface area contributed by atoms with E-state index in [2.05, 4.69) is 10.6 Å². The van der Waals surface area contributed by atoms with Gasteiger partial charge in [-0.3, -0.25) is 9.59 Å². The van der Waals surface area contributed by atoms with E-state index in [9.17, 15) is 9.59 Å². The van der Waals surface area contributed by atoms with Crippen LogP contribution in [0, 0.1) is 5.92 Å². The summed E-state index contributed by atoms with van der Waals surface area (Å²) in [7, 11) is 1.94. The highest BCUT2D eigenvalue weighted by molar-refractivity contribution is 6.09. The fourth-order valence-corrected chi connectivity index (χ4v) is 3.44. The van der Waals surface area contributed by atoms with Gasteiger partial charge in [0.15, 0.2) is 0 Å². The third kappa shape index (κ3) is 5.31. The van der Waals surface area contributed by atoms with Crippen molar-refractivity contribution in [3.63, 3.8) is 0 Å². The Morgan fingerprint density at radius 2 is 1.78 bits per heavy atom. The minimum absolute atomic E-state index is 0. The number of halogens is 1. The van der Waals surface area contributed by atoms with Crippen LogP contribution in [0.1, 0.15) is 33.6 Å². The third-order valence-electron chi connectivity index (χ3n) is 4.74. The molecule has 1 heterocycles. The molecule has 2 N–H and O–H groups in total. The lowest BCUT2D eigenvalue weighted by Crippen LogP contribution is -2.42. The largest absolute Gasteiger partial charge is 0.338 e. The van der Waals surface area contributed by atoms with Crippen LogP contribution in [0.25, 0.3) is 0 Å². The van der Waals surface area contributed by atoms with Crippen molar-refractivity contribution >= 4 is 29.9 Å². The lowest BCUT2D eigenvalue weighted by Gasteiger charge is -2.33. The zero-order valence-corrected chi connectivity index (χ0v) is 16.3. The molecule has 1 unspecified atom stereocenters. The number of hydrogen-bond donors (Lipinski definition) is 2. The summed E-state index contributed by atoms with van der Waals surface area (Å²) in [6, 6.07) is 16.3. The molecule has 2 aromatic rings. The average Bonchev–Trinajstić information content (AvgIpc) is 2.69. The van der Waals surface area contributed by atoms with Crippen molar-refractivity contribution in [3.8, 4) is 0 Å². The highest BCUT2D eigenvalue weighted by Crippen LogP contribution is 2.22. The molecule has 1 aliphatic rings. The highest BCUT2D eigenvalue weighted by atomic mass is 35.5. The van der Waals surface area contributed by atoms with E-state index in [0.29, 0.717) is 22.7 Å². The number of benzene rings is 2. The molecule has 27 heavy (non-hydrogen) atoms. The monoisotopic (exact) mass is 387 g/mol. The molecule has 1 aliphatic heterocycles. The zero-order chi connectivity index (χ0) is 18.4. The minimum atomic E-state index is -0.211. The van der Waals surface area contributed by atoms with E-state index in [1.807, 2.05) is 42.3 Å². The van der Waals surface area contributed by atoms with Gasteiger partial charge in [-0.15, -0.1) is 12.4 Å². The Labute approximate surface area is 166 Å². The lowest BCUT2D eigenvalue weighted by molar-refractivity contribution is 0.0675. The smallest absolute Gasteiger partial charge is 0.255 e. The van der Waals surface area contributed by atoms with Crippen molar-refractivity contribution in [2.24, 2.45) is 5.92 Å². The van der Waals surface area contributed by atoms with Crippen LogP contribution in [-0.2, 0) is 0 Å². The summed E-state index contributed by atoms with van der Waals surface area (Å²) in [6.07, 6.45) is 2.15. The Morgan fingerprint density at radius 1 is 1.07 bits per heavy atom. The zero-order valence-electron chi connectivity index (χ0n) is 15.5. The van der Waals surface area contributed by atoms with Gasteiger partial charge < -0.3 is 15.5 Å². The Hall–Kier alpha value is -2.37. The molecule has 0 aromatic heterocycles. The molecule has 144 valence electrons. The molecule has 1 saturated heterocycles. The summed E-state index contributed by atoms with van der Waals surface area (Å²) < 4.78 is 0. The first-order valence-corrected chi connectivity index (χ1v) is 9.08. The summed E-state index contributed by atoms with van der Waals surface area (Å²) in [4.78, 5) is 27.4. The van der Waals surface area contributed by atoms with E-state index in [4.69, 9.17) is 0 Å². The topological polar surface area (TPSA) is 61.4 Å². The second-order valence-electron chi connectivity index (χ2n) is 6.68. The van der Waals surface area contributed by atoms with Crippen LogP contribution in [0.5, 0.6) is 0 Å². The fraction of sp³-hybridized carbons (Fsp3) is 0.333. The van der Waals surface area contributed by atoms with Crippen LogP contribution in [0.4, 0.5) is 5.69 Å². The first-order chi connectivity index (χ1) is 12.7. The number of anilines is 1. The van der Waals surface area contributed by atoms with Gasteiger partial charge in [0.05, 0.1) is 11.3 Å². The molecule has 0 bridgehead atoms. The van der Waals surface area contributed by atoms with Crippen LogP contribution in [0.3, 0.4) is 0 Å². The van der Waals surface area contributed by atoms with E-state index in [0.717, 1.165) is 32.5 Å². The number of amides is 2. The van der Waals surface area contributed by atoms with Gasteiger partial charge in [0.1, 0.15) is 0 Å². The van der Waals surface area contributed by atoms with E-state index in [1.54, 1.807) is 24.3 Å². The maximum Gasteiger partial charge on any atom is 0.255 e. The van der Waals surface area contributed by atoms with Gasteiger partial charge in [0, 0.05) is 18.7 Å². The molecular weight excluding hydrogens is 362 g/mol. The molecular formula is C21H26ClN3O2. The SMILES string of the molecule is CNCC1CCCN(C(=O)c2ccccc2NC(=O)c2ccccc2)C1.Cl. The Balaban J connectivity index is 0.00000261. The molecule has 0 aliphatic carbocycles. The molecule has 2 aromatic carbocycles. The van der Waals surface area contributed by atoms with Crippen molar-refractivity contribution < 1.29 is 9.59 Å². The number of hydrogen-bond acceptors (Lipinski definition) is 3. The Bertz CT molecular complexity index is 765. The van der Waals surface area contributed by atoms with Gasteiger partial charge in [-0.2, -0.15) is 0 Å². The van der Waals surface area contributed by atoms with E-state index in [-0.39, 0.29) is 24.2 Å². The summed E-state index contributed by atoms with van der Waals surface area (Å²) >= 11 is 0. The second-order valence-corrected chi connectivity index (χ2v) is 6.68. The van der Waals surface area contributed by atoms with Gasteiger partial charge in [0.25, 0.3) is 11.8 Å². The second kappa shape index (κ2) is 10.1. The number of para-hydroxylation sites is 1. The third-order valence-corrected chi connectivity index (χ3v) is 4.74. The summed E-state index contributed by atoms with van der Waals surface area (Å²) in [5, 5.41) is 6.08. The molecule has 3 rings (SSSR count). The molecule has 2 amide bonds. The predicted octanol–water partition coefficient (Wildman–Crippen LogP) is 3.43. The maximum atomic E-state index is 13.0. The molecule has 5 nitrogen and oxygen atoms in total. The standard InChI is InChI=1S/C21H25N3O2.ClH/c1-22-14-16-8-7-13-24(15-16)21(26)18-11-5-6-12-19(18)23-20(25)17-9-3-2-4-10-17;/h2-6,9-12,16,22H,7-8,13-15H2,1H3,(H,23,25);1H. The summed E-state index contributed by atoms with van der Waals surface area (Å²) in [5.74, 6) is 0.246. The summed E-state index contributed by atoms with van der Waals surface area (Å²) in [6.45, 7) is 2.43. The van der Waals surface area contributed by atoms with Gasteiger partial charge in [-0.05, 0) is 56.6 Å². The number of nitrogens with one attached hydrogen (secondary N) is 2. The first-order valence-electron chi connectivity index (χ1n) is 9.08. The molecule has 0 saturated carbocycles. The first kappa shape index (κ1) is 20.9.